The van der Waals surface area contributed by atoms with E-state index in [1.54, 1.807) is 12.1 Å². The molecule has 2 heterocycles. The molecule has 0 unspecified atom stereocenters. The third-order valence-corrected chi connectivity index (χ3v) is 5.61. The zero-order valence-electron chi connectivity index (χ0n) is 18.5. The molecule has 35 heavy (non-hydrogen) atoms. The van der Waals surface area contributed by atoms with Gasteiger partial charge in [0.2, 0.25) is 0 Å². The number of aromatic hydroxyl groups is 2. The van der Waals surface area contributed by atoms with Gasteiger partial charge in [0.1, 0.15) is 65.0 Å². The summed E-state index contributed by atoms with van der Waals surface area (Å²) >= 11 is 0. The largest absolute Gasteiger partial charge is 0.508 e. The predicted octanol–water partition coefficient (Wildman–Crippen LogP) is 0.663. The number of rotatable bonds is 6. The fourth-order valence-electron chi connectivity index (χ4n) is 3.91. The SMILES string of the molecule is CC(=O)O[C@H]1[C@H](O)[C@@H](O)[C@H](COc2cc(O)c3c(=O)cc(-c4ccc(O)cc4)oc3c2)O[C@@H]1CO. The fraction of sp³-hybridized carbons (Fsp3) is 0.333. The molecule has 2 aromatic carbocycles. The van der Waals surface area contributed by atoms with Gasteiger partial charge in [-0.15, -0.1) is 0 Å². The number of carbonyl (C=O) groups excluding carboxylic acids is 1. The summed E-state index contributed by atoms with van der Waals surface area (Å²) in [7, 11) is 0. The monoisotopic (exact) mass is 488 g/mol. The number of aliphatic hydroxyl groups is 3. The van der Waals surface area contributed by atoms with Crippen molar-refractivity contribution < 1.29 is 49.0 Å². The van der Waals surface area contributed by atoms with Gasteiger partial charge in [-0.3, -0.25) is 9.59 Å². The number of fused-ring (bicyclic) bond motifs is 1. The van der Waals surface area contributed by atoms with Crippen LogP contribution in [0.5, 0.6) is 17.2 Å². The van der Waals surface area contributed by atoms with Gasteiger partial charge in [-0.2, -0.15) is 0 Å². The molecule has 11 heteroatoms. The number of aliphatic hydroxyl groups excluding tert-OH is 3. The highest BCUT2D eigenvalue weighted by Gasteiger charge is 2.46. The Kier molecular flexibility index (Phi) is 6.94. The van der Waals surface area contributed by atoms with Gasteiger partial charge in [0.15, 0.2) is 11.5 Å². The molecule has 0 spiro atoms. The Hall–Kier alpha value is -3.64. The summed E-state index contributed by atoms with van der Waals surface area (Å²) in [6.07, 6.45) is -6.51. The average molecular weight is 488 g/mol. The van der Waals surface area contributed by atoms with Crippen molar-refractivity contribution in [1.82, 2.24) is 0 Å². The molecule has 1 fully saturated rings. The lowest BCUT2D eigenvalue weighted by Gasteiger charge is -2.41. The van der Waals surface area contributed by atoms with Gasteiger partial charge in [-0.05, 0) is 24.3 Å². The molecule has 0 radical (unpaired) electrons. The van der Waals surface area contributed by atoms with Crippen molar-refractivity contribution in [2.24, 2.45) is 0 Å². The molecule has 5 atom stereocenters. The van der Waals surface area contributed by atoms with Crippen LogP contribution >= 0.6 is 0 Å². The molecule has 1 aliphatic rings. The molecule has 1 aliphatic heterocycles. The second-order valence-electron chi connectivity index (χ2n) is 8.10. The van der Waals surface area contributed by atoms with Crippen LogP contribution in [0.1, 0.15) is 6.92 Å². The van der Waals surface area contributed by atoms with Crippen LogP contribution in [0.4, 0.5) is 0 Å². The van der Waals surface area contributed by atoms with Crippen LogP contribution < -0.4 is 10.2 Å². The molecule has 5 N–H and O–H groups in total. The second kappa shape index (κ2) is 9.92. The molecule has 4 rings (SSSR count). The van der Waals surface area contributed by atoms with E-state index in [1.165, 1.54) is 30.3 Å². The minimum atomic E-state index is -1.53. The molecular weight excluding hydrogens is 464 g/mol. The van der Waals surface area contributed by atoms with Gasteiger partial charge in [-0.1, -0.05) is 0 Å². The minimum Gasteiger partial charge on any atom is -0.508 e. The normalized spacial score (nSPS) is 24.3. The van der Waals surface area contributed by atoms with Crippen molar-refractivity contribution in [3.63, 3.8) is 0 Å². The Morgan fingerprint density at radius 3 is 2.40 bits per heavy atom. The molecule has 11 nitrogen and oxygen atoms in total. The summed E-state index contributed by atoms with van der Waals surface area (Å²) in [5.41, 5.74) is 0.0661. The number of ether oxygens (including phenoxy) is 3. The maximum Gasteiger partial charge on any atom is 0.303 e. The summed E-state index contributed by atoms with van der Waals surface area (Å²) in [5, 5.41) is 50.1. The smallest absolute Gasteiger partial charge is 0.303 e. The minimum absolute atomic E-state index is 0.0314. The lowest BCUT2D eigenvalue weighted by atomic mass is 9.95. The lowest BCUT2D eigenvalue weighted by Crippen LogP contribution is -2.61. The molecular formula is C24H24O11. The predicted molar refractivity (Wildman–Crippen MR) is 120 cm³/mol. The van der Waals surface area contributed by atoms with Crippen molar-refractivity contribution in [2.45, 2.75) is 37.4 Å². The van der Waals surface area contributed by atoms with Gasteiger partial charge < -0.3 is 44.2 Å². The summed E-state index contributed by atoms with van der Waals surface area (Å²) in [4.78, 5) is 23.8. The van der Waals surface area contributed by atoms with Crippen LogP contribution in [0.2, 0.25) is 0 Å². The van der Waals surface area contributed by atoms with Crippen molar-refractivity contribution in [3.05, 3.63) is 52.7 Å². The Bertz CT molecular complexity index is 1260. The Morgan fingerprint density at radius 1 is 1.03 bits per heavy atom. The Balaban J connectivity index is 1.57. The summed E-state index contributed by atoms with van der Waals surface area (Å²) in [6, 6.07) is 9.78. The molecule has 1 saturated heterocycles. The molecule has 3 aromatic rings. The van der Waals surface area contributed by atoms with E-state index in [9.17, 15) is 35.1 Å². The standard InChI is InChI=1S/C24H24O11/c1-11(26)33-24-19(9-25)35-20(22(30)23(24)31)10-32-14-6-15(28)21-16(29)8-17(34-18(21)7-14)12-2-4-13(27)5-3-12/h2-8,19-20,22-25,27-28,30-31H,9-10H2,1H3/t19-,20+,22+,23-,24-/m1/s1. The van der Waals surface area contributed by atoms with Crippen LogP contribution in [0, 0.1) is 0 Å². The van der Waals surface area contributed by atoms with Crippen molar-refractivity contribution in [3.8, 4) is 28.6 Å². The molecule has 186 valence electrons. The highest BCUT2D eigenvalue weighted by molar-refractivity contribution is 5.86. The van der Waals surface area contributed by atoms with E-state index in [4.69, 9.17) is 18.6 Å². The second-order valence-corrected chi connectivity index (χ2v) is 8.10. The summed E-state index contributed by atoms with van der Waals surface area (Å²) in [5.74, 6) is -0.774. The Morgan fingerprint density at radius 2 is 1.74 bits per heavy atom. The summed E-state index contributed by atoms with van der Waals surface area (Å²) < 4.78 is 21.9. The van der Waals surface area contributed by atoms with Crippen LogP contribution in [-0.2, 0) is 14.3 Å². The van der Waals surface area contributed by atoms with Crippen LogP contribution in [0.15, 0.2) is 51.7 Å². The highest BCUT2D eigenvalue weighted by Crippen LogP contribution is 2.32. The highest BCUT2D eigenvalue weighted by atomic mass is 16.6. The van der Waals surface area contributed by atoms with Crippen LogP contribution in [0.3, 0.4) is 0 Å². The third kappa shape index (κ3) is 5.08. The molecule has 0 amide bonds. The zero-order chi connectivity index (χ0) is 25.3. The first-order valence-electron chi connectivity index (χ1n) is 10.7. The average Bonchev–Trinajstić information content (AvgIpc) is 2.81. The van der Waals surface area contributed by atoms with E-state index < -0.39 is 54.3 Å². The number of phenols is 2. The van der Waals surface area contributed by atoms with E-state index in [-0.39, 0.29) is 34.8 Å². The number of esters is 1. The molecule has 0 saturated carbocycles. The fourth-order valence-corrected chi connectivity index (χ4v) is 3.91. The van der Waals surface area contributed by atoms with E-state index in [2.05, 4.69) is 0 Å². The van der Waals surface area contributed by atoms with Gasteiger partial charge in [0.05, 0.1) is 6.61 Å². The van der Waals surface area contributed by atoms with Crippen molar-refractivity contribution in [2.75, 3.05) is 13.2 Å². The van der Waals surface area contributed by atoms with Gasteiger partial charge in [0.25, 0.3) is 0 Å². The maximum atomic E-state index is 12.6. The van der Waals surface area contributed by atoms with Crippen LogP contribution in [-0.4, -0.2) is 75.2 Å². The van der Waals surface area contributed by atoms with Gasteiger partial charge in [0, 0.05) is 30.7 Å². The van der Waals surface area contributed by atoms with E-state index >= 15 is 0 Å². The topological polar surface area (TPSA) is 176 Å². The van der Waals surface area contributed by atoms with Gasteiger partial charge in [-0.25, -0.2) is 0 Å². The maximum absolute atomic E-state index is 12.6. The molecule has 0 aliphatic carbocycles. The number of hydrogen-bond donors (Lipinski definition) is 5. The lowest BCUT2D eigenvalue weighted by molar-refractivity contribution is -0.242. The van der Waals surface area contributed by atoms with Crippen LogP contribution in [0.25, 0.3) is 22.3 Å². The number of carbonyl (C=O) groups is 1. The first-order chi connectivity index (χ1) is 16.7. The van der Waals surface area contributed by atoms with Gasteiger partial charge >= 0.3 is 5.97 Å². The quantitative estimate of drug-likeness (QED) is 0.308. The third-order valence-electron chi connectivity index (χ3n) is 5.61. The molecule has 1 aromatic heterocycles. The van der Waals surface area contributed by atoms with E-state index in [0.29, 0.717) is 5.56 Å². The number of phenolic OH excluding ortho intramolecular Hbond substituents is 2. The first-order valence-corrected chi connectivity index (χ1v) is 10.7. The molecule has 0 bridgehead atoms. The summed E-state index contributed by atoms with van der Waals surface area (Å²) in [6.45, 7) is 0.231. The van der Waals surface area contributed by atoms with E-state index in [0.717, 1.165) is 6.92 Å². The number of benzene rings is 2. The first kappa shape index (κ1) is 24.5. The Labute approximate surface area is 198 Å². The van der Waals surface area contributed by atoms with E-state index in [1.807, 2.05) is 0 Å². The number of hydrogen-bond acceptors (Lipinski definition) is 11. The van der Waals surface area contributed by atoms with Crippen molar-refractivity contribution in [1.29, 1.82) is 0 Å². The zero-order valence-corrected chi connectivity index (χ0v) is 18.5. The van der Waals surface area contributed by atoms with Crippen molar-refractivity contribution >= 4 is 16.9 Å².